The van der Waals surface area contributed by atoms with Gasteiger partial charge in [0.2, 0.25) is 5.95 Å². The summed E-state index contributed by atoms with van der Waals surface area (Å²) in [7, 11) is 0. The minimum Gasteiger partial charge on any atom is -0.337 e. The van der Waals surface area contributed by atoms with Crippen molar-refractivity contribution < 1.29 is 0 Å². The standard InChI is InChI=1S/C10H15IN4/c1-2-3-10(12)6-15(7-10)9-13-4-8(11)5-14-9/h4-5H,2-3,6-7,12H2,1H3. The van der Waals surface area contributed by atoms with Gasteiger partial charge in [-0.2, -0.15) is 0 Å². The molecular formula is C10H15IN4. The monoisotopic (exact) mass is 318 g/mol. The van der Waals surface area contributed by atoms with Gasteiger partial charge in [-0.25, -0.2) is 9.97 Å². The van der Waals surface area contributed by atoms with Gasteiger partial charge in [0.1, 0.15) is 0 Å². The van der Waals surface area contributed by atoms with Crippen molar-refractivity contribution in [1.82, 2.24) is 9.97 Å². The van der Waals surface area contributed by atoms with E-state index in [1.807, 2.05) is 12.4 Å². The van der Waals surface area contributed by atoms with Crippen molar-refractivity contribution in [3.63, 3.8) is 0 Å². The molecule has 0 bridgehead atoms. The Labute approximate surface area is 103 Å². The fourth-order valence-corrected chi connectivity index (χ4v) is 2.26. The van der Waals surface area contributed by atoms with Crippen LogP contribution in [0.2, 0.25) is 0 Å². The van der Waals surface area contributed by atoms with Gasteiger partial charge in [0, 0.05) is 29.1 Å². The van der Waals surface area contributed by atoms with Crippen molar-refractivity contribution in [2.75, 3.05) is 18.0 Å². The van der Waals surface area contributed by atoms with Crippen LogP contribution in [0.1, 0.15) is 19.8 Å². The maximum absolute atomic E-state index is 6.17. The van der Waals surface area contributed by atoms with Crippen LogP contribution in [0.15, 0.2) is 12.4 Å². The predicted molar refractivity (Wildman–Crippen MR) is 68.8 cm³/mol. The van der Waals surface area contributed by atoms with Crippen molar-refractivity contribution in [2.24, 2.45) is 5.73 Å². The summed E-state index contributed by atoms with van der Waals surface area (Å²) >= 11 is 2.20. The summed E-state index contributed by atoms with van der Waals surface area (Å²) in [6.45, 7) is 3.92. The first-order chi connectivity index (χ1) is 7.13. The Balaban J connectivity index is 1.97. The highest BCUT2D eigenvalue weighted by molar-refractivity contribution is 14.1. The number of nitrogens with two attached hydrogens (primary N) is 1. The second-order valence-electron chi connectivity index (χ2n) is 4.17. The zero-order chi connectivity index (χ0) is 10.9. The molecule has 2 N–H and O–H groups in total. The Morgan fingerprint density at radius 3 is 2.60 bits per heavy atom. The van der Waals surface area contributed by atoms with Crippen LogP contribution in [0.5, 0.6) is 0 Å². The molecule has 0 amide bonds. The van der Waals surface area contributed by atoms with Gasteiger partial charge in [-0.15, -0.1) is 0 Å². The maximum atomic E-state index is 6.17. The van der Waals surface area contributed by atoms with Crippen LogP contribution in [-0.2, 0) is 0 Å². The van der Waals surface area contributed by atoms with E-state index < -0.39 is 0 Å². The quantitative estimate of drug-likeness (QED) is 0.856. The van der Waals surface area contributed by atoms with Gasteiger partial charge in [-0.05, 0) is 29.0 Å². The predicted octanol–water partition coefficient (Wildman–Crippen LogP) is 1.40. The van der Waals surface area contributed by atoms with Crippen LogP contribution in [0.25, 0.3) is 0 Å². The number of halogens is 1. The number of hydrogen-bond acceptors (Lipinski definition) is 4. The highest BCUT2D eigenvalue weighted by atomic mass is 127. The summed E-state index contributed by atoms with van der Waals surface area (Å²) in [5.41, 5.74) is 6.16. The van der Waals surface area contributed by atoms with Gasteiger partial charge < -0.3 is 10.6 Å². The third kappa shape index (κ3) is 2.39. The van der Waals surface area contributed by atoms with Crippen molar-refractivity contribution in [3.8, 4) is 0 Å². The van der Waals surface area contributed by atoms with Gasteiger partial charge in [0.25, 0.3) is 0 Å². The number of aromatic nitrogens is 2. The summed E-state index contributed by atoms with van der Waals surface area (Å²) < 4.78 is 1.06. The Bertz CT molecular complexity index is 332. The molecule has 1 aromatic heterocycles. The number of hydrogen-bond donors (Lipinski definition) is 1. The lowest BCUT2D eigenvalue weighted by Crippen LogP contribution is -2.67. The Kier molecular flexibility index (Phi) is 3.11. The van der Waals surface area contributed by atoms with Crippen LogP contribution in [0.4, 0.5) is 5.95 Å². The molecular weight excluding hydrogens is 303 g/mol. The smallest absolute Gasteiger partial charge is 0.225 e. The number of rotatable bonds is 3. The summed E-state index contributed by atoms with van der Waals surface area (Å²) in [6, 6.07) is 0. The van der Waals surface area contributed by atoms with Gasteiger partial charge in [-0.1, -0.05) is 13.3 Å². The molecule has 1 fully saturated rings. The third-order valence-corrected chi connectivity index (χ3v) is 3.21. The molecule has 1 aliphatic heterocycles. The van der Waals surface area contributed by atoms with Crippen LogP contribution in [0, 0.1) is 3.57 Å². The first kappa shape index (κ1) is 11.1. The van der Waals surface area contributed by atoms with E-state index in [0.29, 0.717) is 0 Å². The molecule has 5 heteroatoms. The SMILES string of the molecule is CCCC1(N)CN(c2ncc(I)cn2)C1. The van der Waals surface area contributed by atoms with Crippen molar-refractivity contribution in [2.45, 2.75) is 25.3 Å². The van der Waals surface area contributed by atoms with Crippen LogP contribution in [0.3, 0.4) is 0 Å². The molecule has 0 saturated carbocycles. The van der Waals surface area contributed by atoms with Gasteiger partial charge in [0.05, 0.1) is 5.54 Å². The van der Waals surface area contributed by atoms with E-state index in [1.54, 1.807) is 0 Å². The zero-order valence-electron chi connectivity index (χ0n) is 8.78. The fourth-order valence-electron chi connectivity index (χ4n) is 1.98. The highest BCUT2D eigenvalue weighted by Gasteiger charge is 2.39. The maximum Gasteiger partial charge on any atom is 0.225 e. The van der Waals surface area contributed by atoms with E-state index in [4.69, 9.17) is 5.73 Å². The average molecular weight is 318 g/mol. The van der Waals surface area contributed by atoms with E-state index in [0.717, 1.165) is 35.4 Å². The largest absolute Gasteiger partial charge is 0.337 e. The molecule has 2 heterocycles. The van der Waals surface area contributed by atoms with E-state index in [2.05, 4.69) is 44.4 Å². The third-order valence-electron chi connectivity index (χ3n) is 2.65. The highest BCUT2D eigenvalue weighted by Crippen LogP contribution is 2.26. The molecule has 2 rings (SSSR count). The Morgan fingerprint density at radius 1 is 1.47 bits per heavy atom. The van der Waals surface area contributed by atoms with Crippen LogP contribution in [-0.4, -0.2) is 28.6 Å². The molecule has 15 heavy (non-hydrogen) atoms. The van der Waals surface area contributed by atoms with Crippen LogP contribution >= 0.6 is 22.6 Å². The van der Waals surface area contributed by atoms with Crippen molar-refractivity contribution in [3.05, 3.63) is 16.0 Å². The topological polar surface area (TPSA) is 55.0 Å². The Morgan fingerprint density at radius 2 is 2.07 bits per heavy atom. The van der Waals surface area contributed by atoms with E-state index in [1.165, 1.54) is 0 Å². The number of anilines is 1. The average Bonchev–Trinajstić information content (AvgIpc) is 2.16. The summed E-state index contributed by atoms with van der Waals surface area (Å²) in [5.74, 6) is 0.799. The number of nitrogens with zero attached hydrogens (tertiary/aromatic N) is 3. The molecule has 0 unspecified atom stereocenters. The second kappa shape index (κ2) is 4.21. The van der Waals surface area contributed by atoms with Gasteiger partial charge >= 0.3 is 0 Å². The van der Waals surface area contributed by atoms with E-state index in [9.17, 15) is 0 Å². The lowest BCUT2D eigenvalue weighted by Gasteiger charge is -2.47. The lowest BCUT2D eigenvalue weighted by atomic mass is 9.87. The molecule has 0 spiro atoms. The first-order valence-electron chi connectivity index (χ1n) is 5.14. The van der Waals surface area contributed by atoms with E-state index >= 15 is 0 Å². The zero-order valence-corrected chi connectivity index (χ0v) is 10.9. The molecule has 0 aliphatic carbocycles. The van der Waals surface area contributed by atoms with Gasteiger partial charge in [0.15, 0.2) is 0 Å². The normalized spacial score (nSPS) is 18.7. The molecule has 1 aliphatic rings. The molecule has 0 aromatic carbocycles. The van der Waals surface area contributed by atoms with Crippen molar-refractivity contribution >= 4 is 28.5 Å². The Hall–Kier alpha value is -0.430. The molecule has 4 nitrogen and oxygen atoms in total. The first-order valence-corrected chi connectivity index (χ1v) is 6.22. The molecule has 0 radical (unpaired) electrons. The molecule has 1 saturated heterocycles. The lowest BCUT2D eigenvalue weighted by molar-refractivity contribution is 0.304. The molecule has 0 atom stereocenters. The minimum atomic E-state index is -0.0128. The second-order valence-corrected chi connectivity index (χ2v) is 5.42. The summed E-state index contributed by atoms with van der Waals surface area (Å²) in [6.07, 6.45) is 5.88. The van der Waals surface area contributed by atoms with Crippen molar-refractivity contribution in [1.29, 1.82) is 0 Å². The molecule has 1 aromatic rings. The summed E-state index contributed by atoms with van der Waals surface area (Å²) in [4.78, 5) is 10.7. The van der Waals surface area contributed by atoms with Crippen LogP contribution < -0.4 is 10.6 Å². The minimum absolute atomic E-state index is 0.0128. The summed E-state index contributed by atoms with van der Waals surface area (Å²) in [5, 5.41) is 0. The van der Waals surface area contributed by atoms with E-state index in [-0.39, 0.29) is 5.54 Å². The van der Waals surface area contributed by atoms with Gasteiger partial charge in [-0.3, -0.25) is 0 Å². The fraction of sp³-hybridized carbons (Fsp3) is 0.600. The molecule has 82 valence electrons.